The summed E-state index contributed by atoms with van der Waals surface area (Å²) < 4.78 is 5.76. The largest absolute Gasteiger partial charge is 0.481 e. The van der Waals surface area contributed by atoms with Gasteiger partial charge in [0.05, 0.1) is 18.5 Å². The number of carbonyl (C=O) groups is 2. The van der Waals surface area contributed by atoms with Crippen LogP contribution in [0.2, 0.25) is 0 Å². The van der Waals surface area contributed by atoms with Gasteiger partial charge in [-0.2, -0.15) is 0 Å². The number of benzene rings is 1. The van der Waals surface area contributed by atoms with Crippen molar-refractivity contribution < 1.29 is 19.1 Å². The van der Waals surface area contributed by atoms with Crippen LogP contribution >= 0.6 is 0 Å². The highest BCUT2D eigenvalue weighted by Gasteiger charge is 2.16. The minimum absolute atomic E-state index is 0.114. The van der Waals surface area contributed by atoms with E-state index in [0.29, 0.717) is 16.9 Å². The number of aromatic nitrogens is 2. The summed E-state index contributed by atoms with van der Waals surface area (Å²) in [5, 5.41) is 12.6. The Balaban J connectivity index is 1.79. The summed E-state index contributed by atoms with van der Waals surface area (Å²) >= 11 is 0. The second-order valence-electron chi connectivity index (χ2n) is 5.96. The molecule has 0 aliphatic carbocycles. The maximum absolute atomic E-state index is 12.4. The van der Waals surface area contributed by atoms with Crippen molar-refractivity contribution in [3.05, 3.63) is 65.6 Å². The number of carboxylic acid groups (broad SMARTS) is 1. The Bertz CT molecular complexity index is 1020. The summed E-state index contributed by atoms with van der Waals surface area (Å²) in [5.74, 6) is -0.651. The molecule has 8 nitrogen and oxygen atoms in total. The lowest BCUT2D eigenvalue weighted by atomic mass is 10.1. The van der Waals surface area contributed by atoms with E-state index in [4.69, 9.17) is 15.3 Å². The van der Waals surface area contributed by atoms with E-state index in [1.807, 2.05) is 13.0 Å². The molecule has 8 heteroatoms. The Morgan fingerprint density at radius 2 is 2.00 bits per heavy atom. The molecule has 0 spiro atoms. The van der Waals surface area contributed by atoms with Gasteiger partial charge in [0.15, 0.2) is 5.82 Å². The van der Waals surface area contributed by atoms with E-state index in [-0.39, 0.29) is 24.4 Å². The molecule has 0 aliphatic rings. The first-order valence-electron chi connectivity index (χ1n) is 8.19. The van der Waals surface area contributed by atoms with Crippen LogP contribution in [0.15, 0.2) is 47.3 Å². The SMILES string of the molecule is Cc1cc(CC(=O)O)c2oc(CNC(=O)/C(=C/N)c3ncccn3)cc2c1. The van der Waals surface area contributed by atoms with Crippen LogP contribution in [-0.4, -0.2) is 27.0 Å². The fraction of sp³-hybridized carbons (Fsp3) is 0.158. The zero-order valence-corrected chi connectivity index (χ0v) is 14.6. The molecule has 2 heterocycles. The highest BCUT2D eigenvalue weighted by molar-refractivity contribution is 6.18. The predicted octanol–water partition coefficient (Wildman–Crippen LogP) is 1.77. The maximum Gasteiger partial charge on any atom is 0.307 e. The third-order valence-corrected chi connectivity index (χ3v) is 3.87. The highest BCUT2D eigenvalue weighted by Crippen LogP contribution is 2.25. The zero-order chi connectivity index (χ0) is 19.4. The lowest BCUT2D eigenvalue weighted by molar-refractivity contribution is -0.136. The summed E-state index contributed by atoms with van der Waals surface area (Å²) in [5.41, 5.74) is 7.72. The van der Waals surface area contributed by atoms with Crippen molar-refractivity contribution >= 4 is 28.4 Å². The number of nitrogens with two attached hydrogens (primary N) is 1. The van der Waals surface area contributed by atoms with Crippen molar-refractivity contribution in [3.8, 4) is 0 Å². The summed E-state index contributed by atoms with van der Waals surface area (Å²) in [7, 11) is 0. The molecule has 1 amide bonds. The average Bonchev–Trinajstić information content (AvgIpc) is 3.04. The molecular weight excluding hydrogens is 348 g/mol. The number of aryl methyl sites for hydroxylation is 1. The Hall–Kier alpha value is -3.68. The summed E-state index contributed by atoms with van der Waals surface area (Å²) in [6.45, 7) is 2.00. The number of furan rings is 1. The standard InChI is InChI=1S/C19H18N4O4/c1-11-5-12-7-14(27-17(12)13(6-11)8-16(24)25)10-23-19(26)15(9-20)18-21-3-2-4-22-18/h2-7,9H,8,10,20H2,1H3,(H,23,26)(H,24,25)/b15-9+. The number of nitrogens with one attached hydrogen (secondary N) is 1. The van der Waals surface area contributed by atoms with Crippen molar-refractivity contribution in [2.75, 3.05) is 0 Å². The minimum Gasteiger partial charge on any atom is -0.481 e. The fourth-order valence-electron chi connectivity index (χ4n) is 2.78. The molecule has 3 aromatic rings. The van der Waals surface area contributed by atoms with E-state index in [1.54, 1.807) is 18.2 Å². The Labute approximate surface area is 154 Å². The van der Waals surface area contributed by atoms with Crippen LogP contribution in [0.3, 0.4) is 0 Å². The van der Waals surface area contributed by atoms with Gasteiger partial charge >= 0.3 is 5.97 Å². The Morgan fingerprint density at radius 1 is 1.26 bits per heavy atom. The number of hydrogen-bond acceptors (Lipinski definition) is 6. The second-order valence-corrected chi connectivity index (χ2v) is 5.96. The topological polar surface area (TPSA) is 131 Å². The van der Waals surface area contributed by atoms with Crippen LogP contribution in [0.1, 0.15) is 22.7 Å². The van der Waals surface area contributed by atoms with Gasteiger partial charge in [0, 0.05) is 29.5 Å². The minimum atomic E-state index is -0.936. The molecule has 0 radical (unpaired) electrons. The van der Waals surface area contributed by atoms with E-state index in [9.17, 15) is 9.59 Å². The number of aliphatic carboxylic acids is 1. The van der Waals surface area contributed by atoms with E-state index in [2.05, 4.69) is 15.3 Å². The molecule has 2 aromatic heterocycles. The molecule has 27 heavy (non-hydrogen) atoms. The van der Waals surface area contributed by atoms with Gasteiger partial charge in [-0.1, -0.05) is 6.07 Å². The van der Waals surface area contributed by atoms with Crippen LogP contribution in [0.25, 0.3) is 16.5 Å². The van der Waals surface area contributed by atoms with Crippen molar-refractivity contribution in [3.63, 3.8) is 0 Å². The first kappa shape index (κ1) is 18.1. The number of amides is 1. The monoisotopic (exact) mass is 366 g/mol. The summed E-state index contributed by atoms with van der Waals surface area (Å²) in [6.07, 6.45) is 4.05. The Kier molecular flexibility index (Phi) is 5.16. The first-order chi connectivity index (χ1) is 13.0. The number of hydrogen-bond donors (Lipinski definition) is 3. The smallest absolute Gasteiger partial charge is 0.307 e. The predicted molar refractivity (Wildman–Crippen MR) is 98.3 cm³/mol. The van der Waals surface area contributed by atoms with E-state index in [1.165, 1.54) is 12.4 Å². The van der Waals surface area contributed by atoms with E-state index in [0.717, 1.165) is 17.1 Å². The van der Waals surface area contributed by atoms with Crippen LogP contribution in [0, 0.1) is 6.92 Å². The third kappa shape index (κ3) is 4.12. The van der Waals surface area contributed by atoms with Crippen molar-refractivity contribution in [2.24, 2.45) is 5.73 Å². The van der Waals surface area contributed by atoms with Crippen LogP contribution in [0.4, 0.5) is 0 Å². The number of carbonyl (C=O) groups excluding carboxylic acids is 1. The molecule has 0 unspecified atom stereocenters. The molecule has 4 N–H and O–H groups in total. The summed E-state index contributed by atoms with van der Waals surface area (Å²) in [6, 6.07) is 7.10. The van der Waals surface area contributed by atoms with Crippen molar-refractivity contribution in [1.82, 2.24) is 15.3 Å². The van der Waals surface area contributed by atoms with E-state index < -0.39 is 11.9 Å². The number of carboxylic acids is 1. The van der Waals surface area contributed by atoms with Gasteiger partial charge in [-0.05, 0) is 30.7 Å². The van der Waals surface area contributed by atoms with Crippen LogP contribution in [-0.2, 0) is 22.6 Å². The second kappa shape index (κ2) is 7.69. The lowest BCUT2D eigenvalue weighted by Crippen LogP contribution is -2.25. The van der Waals surface area contributed by atoms with Gasteiger partial charge in [0.25, 0.3) is 5.91 Å². The molecular formula is C19H18N4O4. The molecule has 0 fully saturated rings. The number of rotatable bonds is 6. The molecule has 3 rings (SSSR count). The van der Waals surface area contributed by atoms with Crippen molar-refractivity contribution in [2.45, 2.75) is 19.9 Å². The molecule has 0 aliphatic heterocycles. The first-order valence-corrected chi connectivity index (χ1v) is 8.19. The van der Waals surface area contributed by atoms with Crippen molar-refractivity contribution in [1.29, 1.82) is 0 Å². The number of nitrogens with zero attached hydrogens (tertiary/aromatic N) is 2. The van der Waals surface area contributed by atoms with Gasteiger partial charge in [-0.25, -0.2) is 9.97 Å². The molecule has 138 valence electrons. The van der Waals surface area contributed by atoms with Crippen LogP contribution in [0.5, 0.6) is 0 Å². The third-order valence-electron chi connectivity index (χ3n) is 3.87. The lowest BCUT2D eigenvalue weighted by Gasteiger charge is -2.05. The normalized spacial score (nSPS) is 11.5. The zero-order valence-electron chi connectivity index (χ0n) is 14.6. The summed E-state index contributed by atoms with van der Waals surface area (Å²) in [4.78, 5) is 31.5. The average molecular weight is 366 g/mol. The van der Waals surface area contributed by atoms with Gasteiger partial charge in [-0.15, -0.1) is 0 Å². The highest BCUT2D eigenvalue weighted by atomic mass is 16.4. The molecule has 0 bridgehead atoms. The van der Waals surface area contributed by atoms with Gasteiger partial charge < -0.3 is 20.6 Å². The molecule has 0 atom stereocenters. The maximum atomic E-state index is 12.4. The molecule has 1 aromatic carbocycles. The van der Waals surface area contributed by atoms with Gasteiger partial charge in [-0.3, -0.25) is 9.59 Å². The van der Waals surface area contributed by atoms with Crippen LogP contribution < -0.4 is 11.1 Å². The van der Waals surface area contributed by atoms with Gasteiger partial charge in [0.1, 0.15) is 11.3 Å². The molecule has 0 saturated heterocycles. The van der Waals surface area contributed by atoms with E-state index >= 15 is 0 Å². The Morgan fingerprint density at radius 3 is 2.67 bits per heavy atom. The molecule has 0 saturated carbocycles. The number of fused-ring (bicyclic) bond motifs is 1. The van der Waals surface area contributed by atoms with Gasteiger partial charge in [0.2, 0.25) is 0 Å². The quantitative estimate of drug-likeness (QED) is 0.567. The fourth-order valence-corrected chi connectivity index (χ4v) is 2.78.